The Balaban J connectivity index is 1.27. The highest BCUT2D eigenvalue weighted by molar-refractivity contribution is 6.30. The van der Waals surface area contributed by atoms with Crippen LogP contribution >= 0.6 is 11.6 Å². The Labute approximate surface area is 166 Å². The monoisotopic (exact) mass is 396 g/mol. The average molecular weight is 397 g/mol. The van der Waals surface area contributed by atoms with Crippen LogP contribution in [0.2, 0.25) is 5.02 Å². The fourth-order valence-electron chi connectivity index (χ4n) is 3.08. The zero-order valence-corrected chi connectivity index (χ0v) is 15.5. The maximum atomic E-state index is 6.04. The lowest BCUT2D eigenvalue weighted by atomic mass is 10.2. The van der Waals surface area contributed by atoms with Crippen LogP contribution in [-0.2, 0) is 0 Å². The van der Waals surface area contributed by atoms with Gasteiger partial charge in [0.2, 0.25) is 6.79 Å². The normalized spacial score (nSPS) is 20.5. The average Bonchev–Trinajstić information content (AvgIpc) is 3.32. The number of hydrogen-bond acceptors (Lipinski definition) is 7. The van der Waals surface area contributed by atoms with Crippen molar-refractivity contribution in [2.24, 2.45) is 10.1 Å². The van der Waals surface area contributed by atoms with Gasteiger partial charge in [0.05, 0.1) is 12.2 Å². The SMILES string of the molecule is Clc1cccc(N=C2C=CC3NN=C(CNc4ccc5c(c4)OCO5)N3N2)c1. The van der Waals surface area contributed by atoms with Crippen molar-refractivity contribution in [3.63, 3.8) is 0 Å². The van der Waals surface area contributed by atoms with Crippen LogP contribution in [0.25, 0.3) is 0 Å². The number of amidine groups is 2. The molecule has 0 amide bonds. The second kappa shape index (κ2) is 6.97. The number of fused-ring (bicyclic) bond motifs is 2. The van der Waals surface area contributed by atoms with Gasteiger partial charge in [0.1, 0.15) is 5.84 Å². The molecule has 3 aliphatic rings. The largest absolute Gasteiger partial charge is 0.454 e. The molecule has 3 N–H and O–H groups in total. The van der Waals surface area contributed by atoms with Crippen LogP contribution in [-0.4, -0.2) is 36.2 Å². The number of benzene rings is 2. The van der Waals surface area contributed by atoms with E-state index >= 15 is 0 Å². The van der Waals surface area contributed by atoms with Gasteiger partial charge in [-0.3, -0.25) is 10.9 Å². The van der Waals surface area contributed by atoms with Crippen LogP contribution in [0.15, 0.2) is 64.7 Å². The third-order valence-electron chi connectivity index (χ3n) is 4.43. The molecule has 9 heteroatoms. The van der Waals surface area contributed by atoms with Gasteiger partial charge < -0.3 is 14.8 Å². The van der Waals surface area contributed by atoms with E-state index < -0.39 is 0 Å². The van der Waals surface area contributed by atoms with Crippen LogP contribution in [0.1, 0.15) is 0 Å². The van der Waals surface area contributed by atoms with E-state index in [0.29, 0.717) is 17.4 Å². The first-order valence-electron chi connectivity index (χ1n) is 8.78. The number of hydrogen-bond donors (Lipinski definition) is 3. The van der Waals surface area contributed by atoms with E-state index in [2.05, 4.69) is 26.3 Å². The molecule has 2 aromatic rings. The Kier molecular flexibility index (Phi) is 4.17. The molecule has 8 nitrogen and oxygen atoms in total. The molecule has 0 aliphatic carbocycles. The van der Waals surface area contributed by atoms with Crippen LogP contribution in [0.4, 0.5) is 11.4 Å². The van der Waals surface area contributed by atoms with Gasteiger partial charge in [-0.1, -0.05) is 17.7 Å². The summed E-state index contributed by atoms with van der Waals surface area (Å²) in [6.07, 6.45) is 3.85. The molecular formula is C19H17ClN6O2. The van der Waals surface area contributed by atoms with E-state index in [1.54, 1.807) is 0 Å². The summed E-state index contributed by atoms with van der Waals surface area (Å²) in [5.41, 5.74) is 8.08. The first-order valence-corrected chi connectivity index (χ1v) is 9.16. The van der Waals surface area contributed by atoms with E-state index in [4.69, 9.17) is 21.1 Å². The van der Waals surface area contributed by atoms with E-state index in [1.807, 2.05) is 59.6 Å². The number of nitrogens with zero attached hydrogens (tertiary/aromatic N) is 3. The molecule has 0 saturated heterocycles. The molecule has 28 heavy (non-hydrogen) atoms. The predicted molar refractivity (Wildman–Crippen MR) is 108 cm³/mol. The summed E-state index contributed by atoms with van der Waals surface area (Å²) in [4.78, 5) is 4.59. The quantitative estimate of drug-likeness (QED) is 0.737. The van der Waals surface area contributed by atoms with Crippen molar-refractivity contribution in [1.29, 1.82) is 0 Å². The Bertz CT molecular complexity index is 1010. The fraction of sp³-hybridized carbons (Fsp3) is 0.158. The highest BCUT2D eigenvalue weighted by atomic mass is 35.5. The molecule has 3 aliphatic heterocycles. The third kappa shape index (κ3) is 3.29. The van der Waals surface area contributed by atoms with Gasteiger partial charge in [-0.2, -0.15) is 5.10 Å². The first kappa shape index (κ1) is 16.8. The highest BCUT2D eigenvalue weighted by Gasteiger charge is 2.29. The summed E-state index contributed by atoms with van der Waals surface area (Å²) in [5.74, 6) is 3.02. The second-order valence-corrected chi connectivity index (χ2v) is 6.78. The third-order valence-corrected chi connectivity index (χ3v) is 4.67. The maximum absolute atomic E-state index is 6.04. The molecule has 0 spiro atoms. The minimum atomic E-state index is -0.0631. The lowest BCUT2D eigenvalue weighted by molar-refractivity contribution is 0.174. The minimum absolute atomic E-state index is 0.0631. The van der Waals surface area contributed by atoms with Crippen molar-refractivity contribution in [2.45, 2.75) is 6.17 Å². The molecular weight excluding hydrogens is 380 g/mol. The standard InChI is InChI=1S/C19H17ClN6O2/c20-12-2-1-3-14(8-12)22-17-6-7-18-23-24-19(26(18)25-17)10-21-13-4-5-15-16(9-13)28-11-27-15/h1-9,18,21,23H,10-11H2,(H,22,25). The van der Waals surface area contributed by atoms with E-state index in [1.165, 1.54) is 0 Å². The first-order chi connectivity index (χ1) is 13.7. The number of hydrazone groups is 1. The number of aliphatic imine (C=N–C) groups is 1. The molecule has 0 aromatic heterocycles. The Hall–Kier alpha value is -3.39. The van der Waals surface area contributed by atoms with E-state index in [9.17, 15) is 0 Å². The number of halogens is 1. The molecule has 0 saturated carbocycles. The Morgan fingerprint density at radius 1 is 1.21 bits per heavy atom. The molecule has 0 bridgehead atoms. The zero-order valence-electron chi connectivity index (χ0n) is 14.7. The van der Waals surface area contributed by atoms with Gasteiger partial charge in [0, 0.05) is 16.8 Å². The molecule has 0 fully saturated rings. The zero-order chi connectivity index (χ0) is 18.9. The fourth-order valence-corrected chi connectivity index (χ4v) is 3.26. The van der Waals surface area contributed by atoms with Gasteiger partial charge in [0.25, 0.3) is 0 Å². The van der Waals surface area contributed by atoms with Gasteiger partial charge in [-0.25, -0.2) is 10.0 Å². The number of hydrazine groups is 1. The summed E-state index contributed by atoms with van der Waals surface area (Å²) in [6.45, 7) is 0.782. The van der Waals surface area contributed by atoms with Crippen molar-refractivity contribution >= 4 is 34.6 Å². The topological polar surface area (TPSA) is 82.5 Å². The number of ether oxygens (including phenoxy) is 2. The Morgan fingerprint density at radius 3 is 3.07 bits per heavy atom. The molecule has 0 radical (unpaired) electrons. The number of rotatable bonds is 4. The van der Waals surface area contributed by atoms with Crippen LogP contribution in [0.5, 0.6) is 11.5 Å². The summed E-state index contributed by atoms with van der Waals surface area (Å²) in [6, 6.07) is 13.2. The molecule has 3 heterocycles. The molecule has 5 rings (SSSR count). The minimum Gasteiger partial charge on any atom is -0.454 e. The summed E-state index contributed by atoms with van der Waals surface area (Å²) in [5, 5.41) is 10.3. The molecule has 2 aromatic carbocycles. The van der Waals surface area contributed by atoms with Crippen molar-refractivity contribution in [1.82, 2.24) is 15.9 Å². The summed E-state index contributed by atoms with van der Waals surface area (Å²) < 4.78 is 10.8. The second-order valence-electron chi connectivity index (χ2n) is 6.34. The van der Waals surface area contributed by atoms with Crippen molar-refractivity contribution < 1.29 is 9.47 Å². The van der Waals surface area contributed by atoms with Crippen LogP contribution < -0.4 is 25.6 Å². The van der Waals surface area contributed by atoms with Gasteiger partial charge in [0.15, 0.2) is 23.5 Å². The molecule has 1 unspecified atom stereocenters. The Morgan fingerprint density at radius 2 is 2.14 bits per heavy atom. The van der Waals surface area contributed by atoms with Crippen molar-refractivity contribution in [3.8, 4) is 11.5 Å². The smallest absolute Gasteiger partial charge is 0.231 e. The van der Waals surface area contributed by atoms with Gasteiger partial charge in [-0.05, 0) is 42.5 Å². The highest BCUT2D eigenvalue weighted by Crippen LogP contribution is 2.34. The lowest BCUT2D eigenvalue weighted by Crippen LogP contribution is -2.54. The summed E-state index contributed by atoms with van der Waals surface area (Å²) in [7, 11) is 0. The van der Waals surface area contributed by atoms with E-state index in [-0.39, 0.29) is 13.0 Å². The van der Waals surface area contributed by atoms with Gasteiger partial charge in [-0.15, -0.1) is 0 Å². The van der Waals surface area contributed by atoms with Crippen LogP contribution in [0, 0.1) is 0 Å². The lowest BCUT2D eigenvalue weighted by Gasteiger charge is -2.29. The van der Waals surface area contributed by atoms with Crippen molar-refractivity contribution in [3.05, 3.63) is 59.6 Å². The van der Waals surface area contributed by atoms with Gasteiger partial charge >= 0.3 is 0 Å². The summed E-state index contributed by atoms with van der Waals surface area (Å²) >= 11 is 6.04. The molecule has 1 atom stereocenters. The maximum Gasteiger partial charge on any atom is 0.231 e. The number of anilines is 1. The van der Waals surface area contributed by atoms with E-state index in [0.717, 1.165) is 28.7 Å². The van der Waals surface area contributed by atoms with Crippen LogP contribution in [0.3, 0.4) is 0 Å². The number of nitrogens with one attached hydrogen (secondary N) is 3. The molecule has 142 valence electrons. The predicted octanol–water partition coefficient (Wildman–Crippen LogP) is 2.83. The van der Waals surface area contributed by atoms with Crippen molar-refractivity contribution in [2.75, 3.05) is 18.7 Å².